The van der Waals surface area contributed by atoms with E-state index >= 15 is 0 Å². The highest BCUT2D eigenvalue weighted by Crippen LogP contribution is 2.27. The maximum absolute atomic E-state index is 6.16. The van der Waals surface area contributed by atoms with E-state index < -0.39 is 0 Å². The molecule has 1 heteroatoms. The fraction of sp³-hybridized carbons (Fsp3) is 1.00. The Morgan fingerprint density at radius 2 is 1.23 bits per heavy atom. The summed E-state index contributed by atoms with van der Waals surface area (Å²) in [5.74, 6) is 0.783. The highest BCUT2D eigenvalue weighted by atomic mass is 16.5. The normalized spacial score (nSPS) is 21.8. The zero-order valence-electron chi connectivity index (χ0n) is 15.7. The second-order valence-electron chi connectivity index (χ2n) is 7.91. The van der Waals surface area contributed by atoms with Crippen LogP contribution in [0.4, 0.5) is 0 Å². The van der Waals surface area contributed by atoms with Gasteiger partial charge in [-0.25, -0.2) is 0 Å². The summed E-state index contributed by atoms with van der Waals surface area (Å²) in [5.41, 5.74) is 0. The lowest BCUT2D eigenvalue weighted by atomic mass is 10.0. The number of hydrogen-bond acceptors (Lipinski definition) is 1. The van der Waals surface area contributed by atoms with Crippen LogP contribution in [0.5, 0.6) is 0 Å². The van der Waals surface area contributed by atoms with Crippen LogP contribution in [-0.4, -0.2) is 12.2 Å². The lowest BCUT2D eigenvalue weighted by molar-refractivity contribution is 0.0285. The van der Waals surface area contributed by atoms with E-state index in [-0.39, 0.29) is 0 Å². The third-order valence-corrected chi connectivity index (χ3v) is 5.06. The SMILES string of the molecule is CCCCCCCCCCCCC[C@H]1CC[C@H](CC(C)C)O1. The Hall–Kier alpha value is -0.0400. The molecular weight excluding hydrogens is 268 g/mol. The van der Waals surface area contributed by atoms with E-state index in [2.05, 4.69) is 20.8 Å². The fourth-order valence-corrected chi connectivity index (χ4v) is 3.73. The average molecular weight is 311 g/mol. The largest absolute Gasteiger partial charge is 0.375 e. The van der Waals surface area contributed by atoms with Gasteiger partial charge in [-0.05, 0) is 31.6 Å². The lowest BCUT2D eigenvalue weighted by Crippen LogP contribution is -2.13. The van der Waals surface area contributed by atoms with Crippen LogP contribution in [0.1, 0.15) is 117 Å². The molecule has 1 aliphatic rings. The van der Waals surface area contributed by atoms with Gasteiger partial charge in [-0.1, -0.05) is 91.4 Å². The van der Waals surface area contributed by atoms with E-state index in [0.29, 0.717) is 12.2 Å². The van der Waals surface area contributed by atoms with Gasteiger partial charge in [-0.2, -0.15) is 0 Å². The first-order valence-corrected chi connectivity index (χ1v) is 10.4. The molecule has 0 bridgehead atoms. The van der Waals surface area contributed by atoms with Gasteiger partial charge in [0.15, 0.2) is 0 Å². The first-order chi connectivity index (χ1) is 10.7. The zero-order valence-corrected chi connectivity index (χ0v) is 15.7. The minimum atomic E-state index is 0.567. The predicted molar refractivity (Wildman–Crippen MR) is 98.4 cm³/mol. The molecule has 1 heterocycles. The first-order valence-electron chi connectivity index (χ1n) is 10.4. The third kappa shape index (κ3) is 10.6. The van der Waals surface area contributed by atoms with E-state index in [1.807, 2.05) is 0 Å². The fourth-order valence-electron chi connectivity index (χ4n) is 3.73. The molecule has 0 amide bonds. The minimum absolute atomic E-state index is 0.567. The number of hydrogen-bond donors (Lipinski definition) is 0. The van der Waals surface area contributed by atoms with E-state index in [1.54, 1.807) is 0 Å². The quantitative estimate of drug-likeness (QED) is 0.306. The molecule has 0 aromatic carbocycles. The van der Waals surface area contributed by atoms with Crippen molar-refractivity contribution in [2.45, 2.75) is 129 Å². The van der Waals surface area contributed by atoms with Gasteiger partial charge in [0, 0.05) is 0 Å². The Morgan fingerprint density at radius 3 is 1.77 bits per heavy atom. The second-order valence-corrected chi connectivity index (χ2v) is 7.91. The van der Waals surface area contributed by atoms with Crippen molar-refractivity contribution >= 4 is 0 Å². The van der Waals surface area contributed by atoms with Gasteiger partial charge < -0.3 is 4.74 Å². The molecule has 1 rings (SSSR count). The molecular formula is C21H42O. The molecule has 1 fully saturated rings. The highest BCUT2D eigenvalue weighted by molar-refractivity contribution is 4.74. The molecule has 0 aromatic rings. The van der Waals surface area contributed by atoms with Crippen molar-refractivity contribution in [2.75, 3.05) is 0 Å². The molecule has 0 saturated carbocycles. The smallest absolute Gasteiger partial charge is 0.0582 e. The van der Waals surface area contributed by atoms with Crippen LogP contribution in [0.3, 0.4) is 0 Å². The van der Waals surface area contributed by atoms with Gasteiger partial charge in [0.2, 0.25) is 0 Å². The Labute approximate surface area is 140 Å². The maximum atomic E-state index is 6.16. The standard InChI is InChI=1S/C21H42O/c1-4-5-6-7-8-9-10-11-12-13-14-15-20-16-17-21(22-20)18-19(2)3/h19-21H,4-18H2,1-3H3/t20-,21+/m0/s1. The van der Waals surface area contributed by atoms with Crippen molar-refractivity contribution in [3.05, 3.63) is 0 Å². The van der Waals surface area contributed by atoms with Crippen LogP contribution in [0.25, 0.3) is 0 Å². The van der Waals surface area contributed by atoms with Crippen LogP contribution in [-0.2, 0) is 4.74 Å². The molecule has 132 valence electrons. The summed E-state index contributed by atoms with van der Waals surface area (Å²) in [4.78, 5) is 0. The van der Waals surface area contributed by atoms with Gasteiger partial charge in [-0.3, -0.25) is 0 Å². The summed E-state index contributed by atoms with van der Waals surface area (Å²) >= 11 is 0. The van der Waals surface area contributed by atoms with Crippen molar-refractivity contribution in [1.82, 2.24) is 0 Å². The van der Waals surface area contributed by atoms with Gasteiger partial charge >= 0.3 is 0 Å². The Bertz CT molecular complexity index is 236. The van der Waals surface area contributed by atoms with E-state index in [0.717, 1.165) is 5.92 Å². The topological polar surface area (TPSA) is 9.23 Å². The van der Waals surface area contributed by atoms with Crippen molar-refractivity contribution < 1.29 is 4.74 Å². The van der Waals surface area contributed by atoms with Gasteiger partial charge in [0.1, 0.15) is 0 Å². The third-order valence-electron chi connectivity index (χ3n) is 5.06. The Balaban J connectivity index is 1.80. The van der Waals surface area contributed by atoms with Crippen molar-refractivity contribution in [3.8, 4) is 0 Å². The van der Waals surface area contributed by atoms with Crippen molar-refractivity contribution in [2.24, 2.45) is 5.92 Å². The molecule has 0 N–H and O–H groups in total. The second kappa shape index (κ2) is 13.4. The van der Waals surface area contributed by atoms with E-state index in [9.17, 15) is 0 Å². The number of rotatable bonds is 14. The van der Waals surface area contributed by atoms with Crippen molar-refractivity contribution in [3.63, 3.8) is 0 Å². The lowest BCUT2D eigenvalue weighted by Gasteiger charge is -2.15. The zero-order chi connectivity index (χ0) is 16.0. The number of unbranched alkanes of at least 4 members (excludes halogenated alkanes) is 10. The van der Waals surface area contributed by atoms with Gasteiger partial charge in [0.05, 0.1) is 12.2 Å². The molecule has 0 aliphatic carbocycles. The van der Waals surface area contributed by atoms with Crippen LogP contribution in [0.2, 0.25) is 0 Å². The Morgan fingerprint density at radius 1 is 0.727 bits per heavy atom. The molecule has 0 aromatic heterocycles. The summed E-state index contributed by atoms with van der Waals surface area (Å²) in [5, 5.41) is 0. The van der Waals surface area contributed by atoms with Gasteiger partial charge in [-0.15, -0.1) is 0 Å². The average Bonchev–Trinajstić information content (AvgIpc) is 2.91. The number of ether oxygens (including phenoxy) is 1. The molecule has 0 spiro atoms. The van der Waals surface area contributed by atoms with Crippen LogP contribution in [0, 0.1) is 5.92 Å². The summed E-state index contributed by atoms with van der Waals surface area (Å²) in [7, 11) is 0. The molecule has 1 aliphatic heterocycles. The molecule has 1 saturated heterocycles. The van der Waals surface area contributed by atoms with Crippen LogP contribution in [0.15, 0.2) is 0 Å². The first kappa shape index (κ1) is 20.0. The molecule has 0 unspecified atom stereocenters. The summed E-state index contributed by atoms with van der Waals surface area (Å²) in [6, 6.07) is 0. The van der Waals surface area contributed by atoms with E-state index in [4.69, 9.17) is 4.74 Å². The summed E-state index contributed by atoms with van der Waals surface area (Å²) in [6.07, 6.45) is 22.1. The molecule has 22 heavy (non-hydrogen) atoms. The van der Waals surface area contributed by atoms with Crippen LogP contribution < -0.4 is 0 Å². The maximum Gasteiger partial charge on any atom is 0.0582 e. The van der Waals surface area contributed by atoms with Crippen LogP contribution >= 0.6 is 0 Å². The predicted octanol–water partition coefficient (Wildman–Crippen LogP) is 7.28. The highest BCUT2D eigenvalue weighted by Gasteiger charge is 2.24. The molecule has 1 nitrogen and oxygen atoms in total. The van der Waals surface area contributed by atoms with Crippen molar-refractivity contribution in [1.29, 1.82) is 0 Å². The molecule has 2 atom stereocenters. The molecule has 0 radical (unpaired) electrons. The minimum Gasteiger partial charge on any atom is -0.375 e. The van der Waals surface area contributed by atoms with E-state index in [1.165, 1.54) is 96.3 Å². The summed E-state index contributed by atoms with van der Waals surface area (Å²) < 4.78 is 6.16. The summed E-state index contributed by atoms with van der Waals surface area (Å²) in [6.45, 7) is 6.90. The Kier molecular flexibility index (Phi) is 12.2. The monoisotopic (exact) mass is 310 g/mol. The van der Waals surface area contributed by atoms with Gasteiger partial charge in [0.25, 0.3) is 0 Å².